The Morgan fingerprint density at radius 3 is 2.37 bits per heavy atom. The molecule has 1 saturated heterocycles. The number of halogens is 2. The van der Waals surface area contributed by atoms with E-state index < -0.39 is 0 Å². The number of benzene rings is 1. The van der Waals surface area contributed by atoms with Crippen molar-refractivity contribution in [3.63, 3.8) is 0 Å². The first-order chi connectivity index (χ1) is 8.99. The van der Waals surface area contributed by atoms with Gasteiger partial charge in [0, 0.05) is 5.69 Å². The van der Waals surface area contributed by atoms with Crippen molar-refractivity contribution in [3.05, 3.63) is 22.2 Å². The molecule has 1 atom stereocenters. The van der Waals surface area contributed by atoms with Crippen molar-refractivity contribution in [1.29, 1.82) is 0 Å². The van der Waals surface area contributed by atoms with Gasteiger partial charge >= 0.3 is 0 Å². The van der Waals surface area contributed by atoms with Crippen LogP contribution in [0.25, 0.3) is 0 Å². The fourth-order valence-electron chi connectivity index (χ4n) is 2.23. The van der Waals surface area contributed by atoms with Crippen molar-refractivity contribution in [2.24, 2.45) is 0 Å². The van der Waals surface area contributed by atoms with Gasteiger partial charge in [0.05, 0.1) is 21.8 Å². The molecule has 104 valence electrons. The molecule has 3 N–H and O–H groups in total. The lowest BCUT2D eigenvalue weighted by Crippen LogP contribution is -2.40. The summed E-state index contributed by atoms with van der Waals surface area (Å²) in [7, 11) is 0. The van der Waals surface area contributed by atoms with Crippen molar-refractivity contribution in [2.45, 2.75) is 25.8 Å². The summed E-state index contributed by atoms with van der Waals surface area (Å²) < 4.78 is 0. The molecule has 6 heteroatoms. The SMILES string of the molecule is CC(C(=O)Nc1c(Cl)cc(N)cc1Cl)N1CCCC1. The molecule has 0 aromatic heterocycles. The average molecular weight is 302 g/mol. The van der Waals surface area contributed by atoms with E-state index in [1.165, 1.54) is 0 Å². The molecule has 19 heavy (non-hydrogen) atoms. The lowest BCUT2D eigenvalue weighted by molar-refractivity contribution is -0.120. The quantitative estimate of drug-likeness (QED) is 0.844. The molecule has 4 nitrogen and oxygen atoms in total. The minimum atomic E-state index is -0.188. The highest BCUT2D eigenvalue weighted by Crippen LogP contribution is 2.33. The molecule has 0 saturated carbocycles. The van der Waals surface area contributed by atoms with E-state index in [9.17, 15) is 4.79 Å². The summed E-state index contributed by atoms with van der Waals surface area (Å²) >= 11 is 12.1. The molecule has 1 aliphatic rings. The van der Waals surface area contributed by atoms with Crippen molar-refractivity contribution in [3.8, 4) is 0 Å². The molecule has 1 aromatic carbocycles. The fourth-order valence-corrected chi connectivity index (χ4v) is 2.83. The maximum Gasteiger partial charge on any atom is 0.241 e. The molecule has 0 radical (unpaired) electrons. The minimum absolute atomic E-state index is 0.101. The Bertz CT molecular complexity index is 464. The van der Waals surface area contributed by atoms with Gasteiger partial charge < -0.3 is 11.1 Å². The van der Waals surface area contributed by atoms with E-state index >= 15 is 0 Å². The van der Waals surface area contributed by atoms with E-state index in [1.54, 1.807) is 12.1 Å². The first-order valence-electron chi connectivity index (χ1n) is 6.28. The van der Waals surface area contributed by atoms with E-state index in [0.29, 0.717) is 21.4 Å². The third-order valence-electron chi connectivity index (χ3n) is 3.38. The van der Waals surface area contributed by atoms with E-state index in [4.69, 9.17) is 28.9 Å². The average Bonchev–Trinajstić information content (AvgIpc) is 2.86. The molecule has 0 bridgehead atoms. The van der Waals surface area contributed by atoms with Crippen LogP contribution in [0.4, 0.5) is 11.4 Å². The minimum Gasteiger partial charge on any atom is -0.399 e. The van der Waals surface area contributed by atoms with Gasteiger partial charge in [0.1, 0.15) is 0 Å². The predicted molar refractivity (Wildman–Crippen MR) is 79.8 cm³/mol. The second-order valence-electron chi connectivity index (χ2n) is 4.77. The second kappa shape index (κ2) is 5.99. The molecule has 0 aliphatic carbocycles. The zero-order valence-corrected chi connectivity index (χ0v) is 12.3. The van der Waals surface area contributed by atoms with Gasteiger partial charge in [-0.3, -0.25) is 9.69 Å². The van der Waals surface area contributed by atoms with Gasteiger partial charge in [0.25, 0.3) is 0 Å². The Morgan fingerprint density at radius 2 is 1.84 bits per heavy atom. The number of nitrogens with one attached hydrogen (secondary N) is 1. The zero-order chi connectivity index (χ0) is 14.0. The standard InChI is InChI=1S/C13H17Cl2N3O/c1-8(18-4-2-3-5-18)13(19)17-12-10(14)6-9(16)7-11(12)15/h6-8H,2-5,16H2,1H3,(H,17,19). The number of hydrogen-bond acceptors (Lipinski definition) is 3. The number of amides is 1. The third-order valence-corrected chi connectivity index (χ3v) is 3.98. The number of nitrogen functional groups attached to an aromatic ring is 1. The monoisotopic (exact) mass is 301 g/mol. The number of nitrogens with zero attached hydrogens (tertiary/aromatic N) is 1. The van der Waals surface area contributed by atoms with E-state index in [0.717, 1.165) is 25.9 Å². The number of hydrogen-bond donors (Lipinski definition) is 2. The molecule has 0 spiro atoms. The largest absolute Gasteiger partial charge is 0.399 e. The molecular weight excluding hydrogens is 285 g/mol. The Labute approximate surface area is 122 Å². The van der Waals surface area contributed by atoms with Crippen molar-refractivity contribution in [1.82, 2.24) is 4.90 Å². The van der Waals surface area contributed by atoms with E-state index in [1.807, 2.05) is 6.92 Å². The molecule has 1 heterocycles. The lowest BCUT2D eigenvalue weighted by Gasteiger charge is -2.23. The maximum atomic E-state index is 12.2. The van der Waals surface area contributed by atoms with Gasteiger partial charge in [0.2, 0.25) is 5.91 Å². The summed E-state index contributed by atoms with van der Waals surface area (Å²) in [5.74, 6) is -0.101. The molecule has 1 unspecified atom stereocenters. The van der Waals surface area contributed by atoms with Crippen molar-refractivity contribution in [2.75, 3.05) is 24.1 Å². The summed E-state index contributed by atoms with van der Waals surface area (Å²) in [6.45, 7) is 3.80. The Balaban J connectivity index is 2.10. The van der Waals surface area contributed by atoms with Crippen LogP contribution in [0.5, 0.6) is 0 Å². The molecule has 1 amide bonds. The molecule has 1 aliphatic heterocycles. The molecular formula is C13H17Cl2N3O. The Kier molecular flexibility index (Phi) is 4.55. The number of rotatable bonds is 3. The topological polar surface area (TPSA) is 58.4 Å². The van der Waals surface area contributed by atoms with Crippen LogP contribution in [-0.2, 0) is 4.79 Å². The van der Waals surface area contributed by atoms with Gasteiger partial charge in [0.15, 0.2) is 0 Å². The van der Waals surface area contributed by atoms with Gasteiger partial charge in [-0.15, -0.1) is 0 Å². The molecule has 1 aromatic rings. The van der Waals surface area contributed by atoms with Gasteiger partial charge in [-0.1, -0.05) is 23.2 Å². The molecule has 1 fully saturated rings. The summed E-state index contributed by atoms with van der Waals surface area (Å²) in [6, 6.07) is 2.96. The second-order valence-corrected chi connectivity index (χ2v) is 5.58. The van der Waals surface area contributed by atoms with Gasteiger partial charge in [-0.2, -0.15) is 0 Å². The van der Waals surface area contributed by atoms with Crippen LogP contribution in [0.1, 0.15) is 19.8 Å². The summed E-state index contributed by atoms with van der Waals surface area (Å²) in [6.07, 6.45) is 2.28. The van der Waals surface area contributed by atoms with Crippen LogP contribution in [0, 0.1) is 0 Å². The summed E-state index contributed by atoms with van der Waals surface area (Å²) in [5, 5.41) is 3.49. The smallest absolute Gasteiger partial charge is 0.241 e. The first kappa shape index (κ1) is 14.4. The Morgan fingerprint density at radius 1 is 1.32 bits per heavy atom. The zero-order valence-electron chi connectivity index (χ0n) is 10.7. The van der Waals surface area contributed by atoms with Crippen LogP contribution in [-0.4, -0.2) is 29.9 Å². The van der Waals surface area contributed by atoms with Crippen molar-refractivity contribution >= 4 is 40.5 Å². The third kappa shape index (κ3) is 3.32. The summed E-state index contributed by atoms with van der Waals surface area (Å²) in [5.41, 5.74) is 6.53. The van der Waals surface area contributed by atoms with Gasteiger partial charge in [-0.25, -0.2) is 0 Å². The van der Waals surface area contributed by atoms with E-state index in [2.05, 4.69) is 10.2 Å². The van der Waals surface area contributed by atoms with Gasteiger partial charge in [-0.05, 0) is 45.0 Å². The highest BCUT2D eigenvalue weighted by molar-refractivity contribution is 6.40. The number of anilines is 2. The number of nitrogens with two attached hydrogens (primary N) is 1. The van der Waals surface area contributed by atoms with Crippen LogP contribution in [0.2, 0.25) is 10.0 Å². The Hall–Kier alpha value is -0.970. The summed E-state index contributed by atoms with van der Waals surface area (Å²) in [4.78, 5) is 14.3. The van der Waals surface area contributed by atoms with E-state index in [-0.39, 0.29) is 11.9 Å². The highest BCUT2D eigenvalue weighted by atomic mass is 35.5. The normalized spacial score (nSPS) is 17.4. The first-order valence-corrected chi connectivity index (χ1v) is 7.04. The van der Waals surface area contributed by atoms with Crippen LogP contribution in [0.3, 0.4) is 0 Å². The molecule has 2 rings (SSSR count). The van der Waals surface area contributed by atoms with Crippen LogP contribution in [0.15, 0.2) is 12.1 Å². The lowest BCUT2D eigenvalue weighted by atomic mass is 10.2. The maximum absolute atomic E-state index is 12.2. The van der Waals surface area contributed by atoms with Crippen LogP contribution >= 0.6 is 23.2 Å². The number of likely N-dealkylation sites (tertiary alicyclic amines) is 1. The number of carbonyl (C=O) groups excluding carboxylic acids is 1. The number of carbonyl (C=O) groups is 1. The fraction of sp³-hybridized carbons (Fsp3) is 0.462. The highest BCUT2D eigenvalue weighted by Gasteiger charge is 2.24. The van der Waals surface area contributed by atoms with Crippen molar-refractivity contribution < 1.29 is 4.79 Å². The van der Waals surface area contributed by atoms with Crippen LogP contribution < -0.4 is 11.1 Å². The predicted octanol–water partition coefficient (Wildman–Crippen LogP) is 3.00.